The number of amides is 1. The monoisotopic (exact) mass is 334 g/mol. The summed E-state index contributed by atoms with van der Waals surface area (Å²) in [4.78, 5) is 12.3. The van der Waals surface area contributed by atoms with Crippen molar-refractivity contribution in [2.75, 3.05) is 13.2 Å². The van der Waals surface area contributed by atoms with Gasteiger partial charge >= 0.3 is 0 Å². The number of nitrogens with zero attached hydrogens (tertiary/aromatic N) is 1. The van der Waals surface area contributed by atoms with E-state index in [-0.39, 0.29) is 17.8 Å². The Morgan fingerprint density at radius 2 is 1.92 bits per heavy atom. The molecule has 126 valence electrons. The summed E-state index contributed by atoms with van der Waals surface area (Å²) in [5.41, 5.74) is 3.97. The van der Waals surface area contributed by atoms with Crippen molar-refractivity contribution < 1.29 is 14.1 Å². The van der Waals surface area contributed by atoms with Gasteiger partial charge in [-0.3, -0.25) is 4.79 Å². The molecular weight excluding hydrogens is 316 g/mol. The zero-order valence-corrected chi connectivity index (χ0v) is 13.6. The third kappa shape index (κ3) is 3.32. The first-order valence-electron chi connectivity index (χ1n) is 8.31. The minimum absolute atomic E-state index is 0.134. The maximum absolute atomic E-state index is 12.3. The predicted octanol–water partition coefficient (Wildman–Crippen LogP) is 3.39. The predicted molar refractivity (Wildman–Crippen MR) is 93.1 cm³/mol. The van der Waals surface area contributed by atoms with E-state index >= 15 is 0 Å². The highest BCUT2D eigenvalue weighted by Crippen LogP contribution is 2.26. The number of hydrogen-bond acceptors (Lipinski definition) is 4. The maximum Gasteiger partial charge on any atom is 0.290 e. The Morgan fingerprint density at radius 3 is 2.80 bits per heavy atom. The summed E-state index contributed by atoms with van der Waals surface area (Å²) < 4.78 is 11.0. The molecule has 0 saturated heterocycles. The number of carbonyl (C=O) groups excluding carboxylic acids is 1. The molecule has 1 amide bonds. The van der Waals surface area contributed by atoms with Gasteiger partial charge in [0.2, 0.25) is 5.76 Å². The fourth-order valence-electron chi connectivity index (χ4n) is 3.05. The van der Waals surface area contributed by atoms with E-state index in [1.165, 1.54) is 5.56 Å². The van der Waals surface area contributed by atoms with Gasteiger partial charge in [0.1, 0.15) is 11.8 Å². The van der Waals surface area contributed by atoms with Crippen molar-refractivity contribution in [3.8, 4) is 11.3 Å². The van der Waals surface area contributed by atoms with E-state index in [1.54, 1.807) is 6.07 Å². The maximum atomic E-state index is 12.3. The number of nitrogens with one attached hydrogen (secondary N) is 1. The molecule has 0 fully saturated rings. The highest BCUT2D eigenvalue weighted by atomic mass is 16.5. The molecule has 25 heavy (non-hydrogen) atoms. The molecule has 0 aliphatic carbocycles. The van der Waals surface area contributed by atoms with Crippen LogP contribution in [0.3, 0.4) is 0 Å². The van der Waals surface area contributed by atoms with Gasteiger partial charge in [0, 0.05) is 18.2 Å². The first-order valence-corrected chi connectivity index (χ1v) is 8.31. The molecular formula is C20H18N2O3. The largest absolute Gasteiger partial charge is 0.371 e. The SMILES string of the molecule is O=C(NCC1OCCc2ccccc21)c1cc(-c2ccccc2)no1. The average molecular weight is 334 g/mol. The van der Waals surface area contributed by atoms with Crippen molar-refractivity contribution in [2.24, 2.45) is 0 Å². The summed E-state index contributed by atoms with van der Waals surface area (Å²) in [6.07, 6.45) is 0.772. The van der Waals surface area contributed by atoms with Crippen LogP contribution in [0.4, 0.5) is 0 Å². The van der Waals surface area contributed by atoms with Crippen LogP contribution in [0.5, 0.6) is 0 Å². The standard InChI is InChI=1S/C20H18N2O3/c23-20(18-12-17(22-25-18)15-7-2-1-3-8-15)21-13-19-16-9-5-4-6-14(16)10-11-24-19/h1-9,12,19H,10-11,13H2,(H,21,23). The van der Waals surface area contributed by atoms with Crippen molar-refractivity contribution in [1.29, 1.82) is 0 Å². The Kier molecular flexibility index (Phi) is 4.31. The van der Waals surface area contributed by atoms with Gasteiger partial charge in [-0.15, -0.1) is 0 Å². The van der Waals surface area contributed by atoms with Crippen LogP contribution in [0.15, 0.2) is 65.2 Å². The molecule has 2 aromatic carbocycles. The summed E-state index contributed by atoms with van der Waals surface area (Å²) in [5.74, 6) is -0.0933. The van der Waals surface area contributed by atoms with E-state index < -0.39 is 0 Å². The minimum Gasteiger partial charge on any atom is -0.371 e. The van der Waals surface area contributed by atoms with Crippen molar-refractivity contribution in [2.45, 2.75) is 12.5 Å². The molecule has 1 aromatic heterocycles. The average Bonchev–Trinajstić information content (AvgIpc) is 3.17. The summed E-state index contributed by atoms with van der Waals surface area (Å²) in [6, 6.07) is 19.4. The quantitative estimate of drug-likeness (QED) is 0.794. The summed E-state index contributed by atoms with van der Waals surface area (Å²) in [5, 5.41) is 6.85. The first kappa shape index (κ1) is 15.6. The van der Waals surface area contributed by atoms with Crippen molar-refractivity contribution in [3.05, 3.63) is 77.6 Å². The molecule has 0 saturated carbocycles. The lowest BCUT2D eigenvalue weighted by Crippen LogP contribution is -2.31. The molecule has 5 heteroatoms. The molecule has 4 rings (SSSR count). The second-order valence-corrected chi connectivity index (χ2v) is 5.96. The molecule has 1 N–H and O–H groups in total. The Hall–Kier alpha value is -2.92. The number of fused-ring (bicyclic) bond motifs is 1. The fourth-order valence-corrected chi connectivity index (χ4v) is 3.05. The third-order valence-electron chi connectivity index (χ3n) is 4.34. The summed E-state index contributed by atoms with van der Waals surface area (Å²) in [6.45, 7) is 1.06. The van der Waals surface area contributed by atoms with E-state index in [0.29, 0.717) is 18.8 Å². The van der Waals surface area contributed by atoms with E-state index in [1.807, 2.05) is 48.5 Å². The van der Waals surface area contributed by atoms with E-state index in [0.717, 1.165) is 17.5 Å². The molecule has 1 atom stereocenters. The highest BCUT2D eigenvalue weighted by Gasteiger charge is 2.22. The van der Waals surface area contributed by atoms with E-state index in [2.05, 4.69) is 16.5 Å². The Bertz CT molecular complexity index is 873. The second kappa shape index (κ2) is 6.91. The smallest absolute Gasteiger partial charge is 0.290 e. The lowest BCUT2D eigenvalue weighted by atomic mass is 9.97. The van der Waals surface area contributed by atoms with Crippen LogP contribution in [0, 0.1) is 0 Å². The molecule has 5 nitrogen and oxygen atoms in total. The number of rotatable bonds is 4. The van der Waals surface area contributed by atoms with Gasteiger partial charge in [-0.1, -0.05) is 59.8 Å². The number of aromatic nitrogens is 1. The molecule has 0 radical (unpaired) electrons. The van der Waals surface area contributed by atoms with Crippen LogP contribution in [0.25, 0.3) is 11.3 Å². The van der Waals surface area contributed by atoms with E-state index in [9.17, 15) is 4.79 Å². The molecule has 0 bridgehead atoms. The van der Waals surface area contributed by atoms with Gasteiger partial charge in [-0.05, 0) is 17.5 Å². The van der Waals surface area contributed by atoms with Gasteiger partial charge in [0.05, 0.1) is 6.61 Å². The van der Waals surface area contributed by atoms with E-state index in [4.69, 9.17) is 9.26 Å². The van der Waals surface area contributed by atoms with Crippen LogP contribution >= 0.6 is 0 Å². The summed E-state index contributed by atoms with van der Waals surface area (Å²) in [7, 11) is 0. The zero-order chi connectivity index (χ0) is 17.1. The van der Waals surface area contributed by atoms with Gasteiger partial charge in [-0.25, -0.2) is 0 Å². The highest BCUT2D eigenvalue weighted by molar-refractivity contribution is 5.92. The fraction of sp³-hybridized carbons (Fsp3) is 0.200. The van der Waals surface area contributed by atoms with Crippen LogP contribution < -0.4 is 5.32 Å². The van der Waals surface area contributed by atoms with Crippen LogP contribution in [-0.4, -0.2) is 24.2 Å². The number of hydrogen-bond donors (Lipinski definition) is 1. The van der Waals surface area contributed by atoms with Crippen molar-refractivity contribution in [1.82, 2.24) is 10.5 Å². The molecule has 1 unspecified atom stereocenters. The van der Waals surface area contributed by atoms with Gasteiger partial charge < -0.3 is 14.6 Å². The molecule has 2 heterocycles. The van der Waals surface area contributed by atoms with Gasteiger partial charge in [0.25, 0.3) is 5.91 Å². The second-order valence-electron chi connectivity index (χ2n) is 5.96. The van der Waals surface area contributed by atoms with Crippen LogP contribution in [0.2, 0.25) is 0 Å². The molecule has 1 aliphatic rings. The van der Waals surface area contributed by atoms with Crippen molar-refractivity contribution >= 4 is 5.91 Å². The van der Waals surface area contributed by atoms with Crippen LogP contribution in [0.1, 0.15) is 27.8 Å². The zero-order valence-electron chi connectivity index (χ0n) is 13.6. The Morgan fingerprint density at radius 1 is 1.12 bits per heavy atom. The molecule has 3 aromatic rings. The first-order chi connectivity index (χ1) is 12.3. The number of benzene rings is 2. The Balaban J connectivity index is 1.43. The Labute approximate surface area is 145 Å². The number of ether oxygens (including phenoxy) is 1. The normalized spacial score (nSPS) is 16.2. The minimum atomic E-state index is -0.290. The lowest BCUT2D eigenvalue weighted by molar-refractivity contribution is 0.0407. The van der Waals surface area contributed by atoms with Gasteiger partial charge in [0.15, 0.2) is 0 Å². The molecule has 0 spiro atoms. The van der Waals surface area contributed by atoms with Gasteiger partial charge in [-0.2, -0.15) is 0 Å². The topological polar surface area (TPSA) is 64.4 Å². The van der Waals surface area contributed by atoms with Crippen molar-refractivity contribution in [3.63, 3.8) is 0 Å². The third-order valence-corrected chi connectivity index (χ3v) is 4.34. The number of carbonyl (C=O) groups is 1. The van der Waals surface area contributed by atoms with Crippen LogP contribution in [-0.2, 0) is 11.2 Å². The summed E-state index contributed by atoms with van der Waals surface area (Å²) >= 11 is 0. The molecule has 1 aliphatic heterocycles. The lowest BCUT2D eigenvalue weighted by Gasteiger charge is -2.26.